The second-order valence-corrected chi connectivity index (χ2v) is 5.60. The number of benzene rings is 1. The van der Waals surface area contributed by atoms with Crippen LogP contribution in [-0.2, 0) is 9.84 Å². The maximum Gasteiger partial charge on any atom is 0.178 e. The fourth-order valence-electron chi connectivity index (χ4n) is 1.35. The molecule has 0 bridgehead atoms. The van der Waals surface area contributed by atoms with Crippen LogP contribution in [0.1, 0.15) is 12.8 Å². The van der Waals surface area contributed by atoms with Gasteiger partial charge in [0.25, 0.3) is 0 Å². The molecule has 0 spiro atoms. The summed E-state index contributed by atoms with van der Waals surface area (Å²) < 4.78 is 28.7. The minimum absolute atomic E-state index is 0.136. The minimum Gasteiger partial charge on any atom is -0.497 e. The van der Waals surface area contributed by atoms with Crippen LogP contribution in [0.3, 0.4) is 0 Å². The quantitative estimate of drug-likeness (QED) is 0.762. The maximum absolute atomic E-state index is 11.9. The highest BCUT2D eigenvalue weighted by Gasteiger charge is 2.14. The van der Waals surface area contributed by atoms with Crippen LogP contribution in [0.2, 0.25) is 0 Å². The Morgan fingerprint density at radius 1 is 1.31 bits per heavy atom. The molecule has 0 saturated carbocycles. The van der Waals surface area contributed by atoms with Gasteiger partial charge in [0.15, 0.2) is 9.84 Å². The third-order valence-electron chi connectivity index (χ3n) is 2.27. The molecule has 0 aliphatic heterocycles. The van der Waals surface area contributed by atoms with Gasteiger partial charge in [0.05, 0.1) is 17.8 Å². The van der Waals surface area contributed by atoms with Crippen molar-refractivity contribution in [1.29, 1.82) is 0 Å². The molecule has 0 saturated heterocycles. The highest BCUT2D eigenvalue weighted by atomic mass is 32.2. The summed E-state index contributed by atoms with van der Waals surface area (Å²) in [6, 6.07) is 6.52. The molecule has 0 unspecified atom stereocenters. The Morgan fingerprint density at radius 2 is 2.06 bits per heavy atom. The number of unbranched alkanes of at least 4 members (excludes halogenated alkanes) is 1. The molecule has 0 atom stereocenters. The summed E-state index contributed by atoms with van der Waals surface area (Å²) in [6.07, 6.45) is 1.32. The first kappa shape index (κ1) is 13.0. The Balaban J connectivity index is 2.81. The van der Waals surface area contributed by atoms with Gasteiger partial charge >= 0.3 is 0 Å². The number of hydrogen-bond donors (Lipinski definition) is 1. The van der Waals surface area contributed by atoms with Crippen molar-refractivity contribution in [2.45, 2.75) is 17.7 Å². The summed E-state index contributed by atoms with van der Waals surface area (Å²) in [6.45, 7) is 0.521. The second-order valence-electron chi connectivity index (χ2n) is 3.49. The maximum atomic E-state index is 11.9. The van der Waals surface area contributed by atoms with Gasteiger partial charge in [-0.25, -0.2) is 8.42 Å². The SMILES string of the molecule is COc1cccc(S(=O)(=O)CCCCN)c1. The van der Waals surface area contributed by atoms with Crippen molar-refractivity contribution in [3.63, 3.8) is 0 Å². The van der Waals surface area contributed by atoms with Gasteiger partial charge < -0.3 is 10.5 Å². The normalized spacial score (nSPS) is 11.4. The molecule has 0 aliphatic rings. The van der Waals surface area contributed by atoms with Gasteiger partial charge in [0, 0.05) is 0 Å². The zero-order valence-electron chi connectivity index (χ0n) is 9.35. The van der Waals surface area contributed by atoms with E-state index in [2.05, 4.69) is 0 Å². The number of rotatable bonds is 6. The van der Waals surface area contributed by atoms with Crippen LogP contribution in [0.15, 0.2) is 29.2 Å². The van der Waals surface area contributed by atoms with E-state index in [0.717, 1.165) is 6.42 Å². The summed E-state index contributed by atoms with van der Waals surface area (Å²) in [5.74, 6) is 0.692. The molecule has 0 aromatic heterocycles. The Hall–Kier alpha value is -1.07. The van der Waals surface area contributed by atoms with Gasteiger partial charge in [-0.3, -0.25) is 0 Å². The average Bonchev–Trinajstić information content (AvgIpc) is 2.29. The summed E-state index contributed by atoms with van der Waals surface area (Å²) in [5.41, 5.74) is 5.33. The highest BCUT2D eigenvalue weighted by molar-refractivity contribution is 7.91. The molecule has 1 aromatic rings. The summed E-state index contributed by atoms with van der Waals surface area (Å²) in [5, 5.41) is 0. The van der Waals surface area contributed by atoms with E-state index in [1.165, 1.54) is 13.2 Å². The molecule has 2 N–H and O–H groups in total. The number of ether oxygens (including phenoxy) is 1. The monoisotopic (exact) mass is 243 g/mol. The van der Waals surface area contributed by atoms with Gasteiger partial charge in [0.2, 0.25) is 0 Å². The number of methoxy groups -OCH3 is 1. The topological polar surface area (TPSA) is 69.4 Å². The first-order valence-electron chi connectivity index (χ1n) is 5.17. The van der Waals surface area contributed by atoms with Crippen molar-refractivity contribution < 1.29 is 13.2 Å². The summed E-state index contributed by atoms with van der Waals surface area (Å²) >= 11 is 0. The first-order chi connectivity index (χ1) is 7.60. The largest absolute Gasteiger partial charge is 0.497 e. The van der Waals surface area contributed by atoms with Crippen LogP contribution in [-0.4, -0.2) is 27.8 Å². The molecule has 0 fully saturated rings. The lowest BCUT2D eigenvalue weighted by atomic mass is 10.3. The van der Waals surface area contributed by atoms with E-state index < -0.39 is 9.84 Å². The lowest BCUT2D eigenvalue weighted by Gasteiger charge is -2.05. The van der Waals surface area contributed by atoms with Crippen LogP contribution >= 0.6 is 0 Å². The predicted octanol–water partition coefficient (Wildman–Crippen LogP) is 1.21. The molecule has 0 heterocycles. The molecular formula is C11H17NO3S. The molecule has 0 radical (unpaired) electrons. The van der Waals surface area contributed by atoms with E-state index in [4.69, 9.17) is 10.5 Å². The zero-order chi connectivity index (χ0) is 12.0. The molecular weight excluding hydrogens is 226 g/mol. The standard InChI is InChI=1S/C11H17NO3S/c1-15-10-5-4-6-11(9-10)16(13,14)8-3-2-7-12/h4-6,9H,2-3,7-8,12H2,1H3. The molecule has 4 nitrogen and oxygen atoms in total. The Morgan fingerprint density at radius 3 is 2.69 bits per heavy atom. The molecule has 0 aliphatic carbocycles. The molecule has 90 valence electrons. The number of hydrogen-bond acceptors (Lipinski definition) is 4. The lowest BCUT2D eigenvalue weighted by Crippen LogP contribution is -2.09. The van der Waals surface area contributed by atoms with Crippen molar-refractivity contribution in [2.24, 2.45) is 5.73 Å². The van der Waals surface area contributed by atoms with E-state index in [1.54, 1.807) is 18.2 Å². The number of sulfone groups is 1. The van der Waals surface area contributed by atoms with Gasteiger partial charge in [-0.05, 0) is 37.6 Å². The molecule has 0 amide bonds. The third-order valence-corrected chi connectivity index (χ3v) is 4.07. The van der Waals surface area contributed by atoms with Crippen molar-refractivity contribution in [3.8, 4) is 5.75 Å². The van der Waals surface area contributed by atoms with Gasteiger partial charge in [-0.15, -0.1) is 0 Å². The third kappa shape index (κ3) is 3.50. The first-order valence-corrected chi connectivity index (χ1v) is 6.82. The minimum atomic E-state index is -3.20. The van der Waals surface area contributed by atoms with Crippen LogP contribution in [0.4, 0.5) is 0 Å². The average molecular weight is 243 g/mol. The van der Waals surface area contributed by atoms with E-state index in [1.807, 2.05) is 0 Å². The zero-order valence-corrected chi connectivity index (χ0v) is 10.2. The molecule has 1 rings (SSSR count). The fourth-order valence-corrected chi connectivity index (χ4v) is 2.75. The summed E-state index contributed by atoms with van der Waals surface area (Å²) in [4.78, 5) is 0.309. The van der Waals surface area contributed by atoms with Gasteiger partial charge in [-0.2, -0.15) is 0 Å². The van der Waals surface area contributed by atoms with Crippen LogP contribution < -0.4 is 10.5 Å². The van der Waals surface area contributed by atoms with E-state index in [9.17, 15) is 8.42 Å². The van der Waals surface area contributed by atoms with Gasteiger partial charge in [-0.1, -0.05) is 6.07 Å². The molecule has 1 aromatic carbocycles. The Kier molecular flexibility index (Phi) is 4.76. The molecule has 16 heavy (non-hydrogen) atoms. The predicted molar refractivity (Wildman–Crippen MR) is 63.3 cm³/mol. The highest BCUT2D eigenvalue weighted by Crippen LogP contribution is 2.18. The smallest absolute Gasteiger partial charge is 0.178 e. The summed E-state index contributed by atoms with van der Waals surface area (Å²) in [7, 11) is -1.69. The van der Waals surface area contributed by atoms with Crippen LogP contribution in [0.5, 0.6) is 5.75 Å². The van der Waals surface area contributed by atoms with Crippen molar-refractivity contribution in [1.82, 2.24) is 0 Å². The van der Waals surface area contributed by atoms with Crippen LogP contribution in [0, 0.1) is 0 Å². The lowest BCUT2D eigenvalue weighted by molar-refractivity contribution is 0.413. The van der Waals surface area contributed by atoms with E-state index in [0.29, 0.717) is 23.6 Å². The van der Waals surface area contributed by atoms with Gasteiger partial charge in [0.1, 0.15) is 5.75 Å². The number of nitrogens with two attached hydrogens (primary N) is 1. The molecule has 5 heteroatoms. The van der Waals surface area contributed by atoms with E-state index >= 15 is 0 Å². The fraction of sp³-hybridized carbons (Fsp3) is 0.455. The Bertz CT molecular complexity index is 429. The van der Waals surface area contributed by atoms with Crippen LogP contribution in [0.25, 0.3) is 0 Å². The van der Waals surface area contributed by atoms with Crippen molar-refractivity contribution >= 4 is 9.84 Å². The van der Waals surface area contributed by atoms with Crippen molar-refractivity contribution in [2.75, 3.05) is 19.4 Å². The van der Waals surface area contributed by atoms with Crippen molar-refractivity contribution in [3.05, 3.63) is 24.3 Å². The Labute approximate surface area is 96.3 Å². The second kappa shape index (κ2) is 5.86. The van der Waals surface area contributed by atoms with E-state index in [-0.39, 0.29) is 5.75 Å².